The van der Waals surface area contributed by atoms with E-state index in [1.807, 2.05) is 27.7 Å². The van der Waals surface area contributed by atoms with Crippen molar-refractivity contribution in [1.82, 2.24) is 4.98 Å². The van der Waals surface area contributed by atoms with Gasteiger partial charge in [-0.3, -0.25) is 0 Å². The summed E-state index contributed by atoms with van der Waals surface area (Å²) in [6, 6.07) is 1.76. The third-order valence-corrected chi connectivity index (χ3v) is 4.03. The second-order valence-electron chi connectivity index (χ2n) is 5.42. The van der Waals surface area contributed by atoms with Crippen LogP contribution in [-0.4, -0.2) is 28.4 Å². The number of halogens is 1. The Morgan fingerprint density at radius 2 is 1.83 bits per heavy atom. The molecule has 0 aromatic carbocycles. The van der Waals surface area contributed by atoms with E-state index in [4.69, 9.17) is 20.9 Å². The summed E-state index contributed by atoms with van der Waals surface area (Å²) in [6.45, 7) is 7.73. The Morgan fingerprint density at radius 1 is 1.28 bits per heavy atom. The lowest BCUT2D eigenvalue weighted by Crippen LogP contribution is -2.41. The van der Waals surface area contributed by atoms with Crippen LogP contribution in [-0.2, 0) is 15.9 Å². The van der Waals surface area contributed by atoms with Gasteiger partial charge in [0.25, 0.3) is 0 Å². The second kappa shape index (κ2) is 4.49. The van der Waals surface area contributed by atoms with E-state index in [0.29, 0.717) is 5.56 Å². The van der Waals surface area contributed by atoms with Gasteiger partial charge in [-0.05, 0) is 39.2 Å². The minimum Gasteiger partial charge on any atom is -0.399 e. The molecule has 0 unspecified atom stereocenters. The van der Waals surface area contributed by atoms with E-state index < -0.39 is 18.3 Å². The molecule has 0 aliphatic carbocycles. The Balaban J connectivity index is 2.38. The summed E-state index contributed by atoms with van der Waals surface area (Å²) in [6.07, 6.45) is 1.59. The van der Waals surface area contributed by atoms with Crippen LogP contribution in [0.4, 0.5) is 0 Å². The molecule has 1 aliphatic rings. The average Bonchev–Trinajstić information content (AvgIpc) is 2.47. The zero-order valence-electron chi connectivity index (χ0n) is 11.0. The molecule has 0 amide bonds. The SMILES string of the molecule is CC1(C)OB(c2ccnc(Cl)c2CO)OC1(C)C. The van der Waals surface area contributed by atoms with Crippen molar-refractivity contribution in [2.45, 2.75) is 45.5 Å². The van der Waals surface area contributed by atoms with E-state index in [2.05, 4.69) is 4.98 Å². The molecule has 0 bridgehead atoms. The van der Waals surface area contributed by atoms with Crippen molar-refractivity contribution < 1.29 is 14.4 Å². The Hall–Kier alpha value is -0.615. The van der Waals surface area contributed by atoms with Crippen LogP contribution in [0, 0.1) is 0 Å². The normalized spacial score (nSPS) is 21.3. The zero-order chi connectivity index (χ0) is 13.6. The number of aromatic nitrogens is 1. The highest BCUT2D eigenvalue weighted by molar-refractivity contribution is 6.63. The Labute approximate surface area is 112 Å². The number of aliphatic hydroxyl groups is 1. The molecule has 2 heterocycles. The van der Waals surface area contributed by atoms with Gasteiger partial charge in [0.1, 0.15) is 5.15 Å². The fourth-order valence-electron chi connectivity index (χ4n) is 1.83. The van der Waals surface area contributed by atoms with Crippen LogP contribution in [0.1, 0.15) is 33.3 Å². The van der Waals surface area contributed by atoms with Crippen molar-refractivity contribution in [1.29, 1.82) is 0 Å². The molecule has 1 aromatic heterocycles. The smallest absolute Gasteiger partial charge is 0.399 e. The molecule has 4 nitrogen and oxygen atoms in total. The molecule has 98 valence electrons. The fourth-order valence-corrected chi connectivity index (χ4v) is 2.05. The minimum absolute atomic E-state index is 0.188. The van der Waals surface area contributed by atoms with Gasteiger partial charge in [0.05, 0.1) is 17.8 Å². The third kappa shape index (κ3) is 2.16. The third-order valence-electron chi connectivity index (χ3n) is 3.70. The molecule has 1 aliphatic heterocycles. The first kappa shape index (κ1) is 13.8. The molecule has 6 heteroatoms. The topological polar surface area (TPSA) is 51.6 Å². The summed E-state index contributed by atoms with van der Waals surface area (Å²) in [5, 5.41) is 9.67. The minimum atomic E-state index is -0.530. The van der Waals surface area contributed by atoms with Crippen LogP contribution >= 0.6 is 11.6 Å². The van der Waals surface area contributed by atoms with E-state index >= 15 is 0 Å². The first-order valence-electron chi connectivity index (χ1n) is 5.88. The van der Waals surface area contributed by atoms with E-state index in [1.165, 1.54) is 0 Å². The monoisotopic (exact) mass is 269 g/mol. The van der Waals surface area contributed by atoms with Crippen molar-refractivity contribution >= 4 is 24.2 Å². The highest BCUT2D eigenvalue weighted by Gasteiger charge is 2.52. The van der Waals surface area contributed by atoms with Gasteiger partial charge in [-0.1, -0.05) is 11.6 Å². The average molecular weight is 270 g/mol. The first-order valence-corrected chi connectivity index (χ1v) is 6.26. The molecule has 1 saturated heterocycles. The van der Waals surface area contributed by atoms with Gasteiger partial charge in [-0.2, -0.15) is 0 Å². The van der Waals surface area contributed by atoms with Crippen LogP contribution in [0.3, 0.4) is 0 Å². The predicted molar refractivity (Wildman–Crippen MR) is 70.9 cm³/mol. The van der Waals surface area contributed by atoms with E-state index in [-0.39, 0.29) is 11.8 Å². The van der Waals surface area contributed by atoms with Crippen molar-refractivity contribution in [2.24, 2.45) is 0 Å². The molecule has 2 rings (SSSR count). The van der Waals surface area contributed by atoms with Gasteiger partial charge in [0.2, 0.25) is 0 Å². The summed E-state index contributed by atoms with van der Waals surface area (Å²) in [4.78, 5) is 3.95. The van der Waals surface area contributed by atoms with Gasteiger partial charge in [-0.25, -0.2) is 4.98 Å². The summed E-state index contributed by atoms with van der Waals surface area (Å²) in [5.74, 6) is 0. The van der Waals surface area contributed by atoms with Crippen LogP contribution in [0.25, 0.3) is 0 Å². The van der Waals surface area contributed by atoms with Crippen molar-refractivity contribution in [3.63, 3.8) is 0 Å². The number of hydrogen-bond acceptors (Lipinski definition) is 4. The molecule has 0 saturated carbocycles. The van der Waals surface area contributed by atoms with E-state index in [0.717, 1.165) is 5.46 Å². The summed E-state index contributed by atoms with van der Waals surface area (Å²) >= 11 is 5.97. The lowest BCUT2D eigenvalue weighted by atomic mass is 9.77. The zero-order valence-corrected chi connectivity index (χ0v) is 11.8. The molecule has 0 spiro atoms. The maximum atomic E-state index is 9.38. The lowest BCUT2D eigenvalue weighted by molar-refractivity contribution is 0.00578. The Bertz CT molecular complexity index is 449. The largest absolute Gasteiger partial charge is 0.495 e. The molecule has 0 atom stereocenters. The van der Waals surface area contributed by atoms with Gasteiger partial charge < -0.3 is 14.4 Å². The molecule has 18 heavy (non-hydrogen) atoms. The van der Waals surface area contributed by atoms with Gasteiger partial charge in [-0.15, -0.1) is 0 Å². The highest BCUT2D eigenvalue weighted by Crippen LogP contribution is 2.36. The van der Waals surface area contributed by atoms with Crippen LogP contribution in [0.5, 0.6) is 0 Å². The molecule has 0 radical (unpaired) electrons. The Kier molecular flexibility index (Phi) is 3.45. The number of pyridine rings is 1. The maximum Gasteiger partial charge on any atom is 0.495 e. The van der Waals surface area contributed by atoms with Gasteiger partial charge >= 0.3 is 7.12 Å². The highest BCUT2D eigenvalue weighted by atomic mass is 35.5. The van der Waals surface area contributed by atoms with Crippen molar-refractivity contribution in [3.8, 4) is 0 Å². The van der Waals surface area contributed by atoms with Crippen molar-refractivity contribution in [3.05, 3.63) is 23.0 Å². The predicted octanol–water partition coefficient (Wildman–Crippen LogP) is 1.53. The van der Waals surface area contributed by atoms with Crippen LogP contribution in [0.15, 0.2) is 12.3 Å². The number of hydrogen-bond donors (Lipinski definition) is 1. The standard InChI is InChI=1S/C12H17BClNO3/c1-11(2)12(3,4)18-13(17-11)9-5-6-15-10(14)8(9)7-16/h5-6,16H,7H2,1-4H3. The first-order chi connectivity index (χ1) is 8.28. The second-order valence-corrected chi connectivity index (χ2v) is 5.77. The van der Waals surface area contributed by atoms with Crippen LogP contribution in [0.2, 0.25) is 5.15 Å². The van der Waals surface area contributed by atoms with Gasteiger partial charge in [0, 0.05) is 11.8 Å². The quantitative estimate of drug-likeness (QED) is 0.653. The Morgan fingerprint density at radius 3 is 2.33 bits per heavy atom. The maximum absolute atomic E-state index is 9.38. The van der Waals surface area contributed by atoms with Crippen LogP contribution < -0.4 is 5.46 Å². The van der Waals surface area contributed by atoms with E-state index in [1.54, 1.807) is 12.3 Å². The number of nitrogens with zero attached hydrogens (tertiary/aromatic N) is 1. The lowest BCUT2D eigenvalue weighted by Gasteiger charge is -2.32. The summed E-state index contributed by atoms with van der Waals surface area (Å²) in [5.41, 5.74) is 0.453. The fraction of sp³-hybridized carbons (Fsp3) is 0.583. The molecular formula is C12H17BClNO3. The number of rotatable bonds is 2. The van der Waals surface area contributed by atoms with E-state index in [9.17, 15) is 5.11 Å². The summed E-state index contributed by atoms with van der Waals surface area (Å²) in [7, 11) is -0.530. The van der Waals surface area contributed by atoms with Crippen molar-refractivity contribution in [2.75, 3.05) is 0 Å². The molecular weight excluding hydrogens is 252 g/mol. The molecule has 1 aromatic rings. The molecule has 1 N–H and O–H groups in total. The summed E-state index contributed by atoms with van der Waals surface area (Å²) < 4.78 is 11.9. The molecule has 1 fully saturated rings. The van der Waals surface area contributed by atoms with Gasteiger partial charge in [0.15, 0.2) is 0 Å². The number of aliphatic hydroxyl groups excluding tert-OH is 1.